The number of halogens is 1. The van der Waals surface area contributed by atoms with Crippen molar-refractivity contribution in [3.05, 3.63) is 94.9 Å². The lowest BCUT2D eigenvalue weighted by molar-refractivity contribution is -0.120. The number of hydrogen-bond acceptors (Lipinski definition) is 4. The molecule has 0 radical (unpaired) electrons. The Labute approximate surface area is 179 Å². The lowest BCUT2D eigenvalue weighted by Crippen LogP contribution is -2.32. The van der Waals surface area contributed by atoms with Crippen LogP contribution in [-0.4, -0.2) is 18.9 Å². The highest BCUT2D eigenvalue weighted by Crippen LogP contribution is 2.35. The second-order valence-corrected chi connectivity index (χ2v) is 7.34. The SMILES string of the molecule is COc1ccc(N2C(=O)C(Nc3ccc(C)cc3C)=C(c3ccc(F)cc3)C2=O)cc1. The van der Waals surface area contributed by atoms with E-state index < -0.39 is 17.6 Å². The molecule has 3 aromatic rings. The molecule has 3 aromatic carbocycles. The summed E-state index contributed by atoms with van der Waals surface area (Å²) in [6, 6.07) is 18.0. The van der Waals surface area contributed by atoms with E-state index in [9.17, 15) is 14.0 Å². The number of rotatable bonds is 5. The molecule has 0 bridgehead atoms. The monoisotopic (exact) mass is 416 g/mol. The Morgan fingerprint density at radius 3 is 2.16 bits per heavy atom. The Bertz CT molecular complexity index is 1200. The van der Waals surface area contributed by atoms with Gasteiger partial charge in [-0.05, 0) is 67.4 Å². The van der Waals surface area contributed by atoms with E-state index in [1.54, 1.807) is 31.4 Å². The first kappa shape index (κ1) is 20.3. The van der Waals surface area contributed by atoms with Crippen LogP contribution in [0.3, 0.4) is 0 Å². The number of carbonyl (C=O) groups is 2. The molecule has 2 amide bonds. The number of carbonyl (C=O) groups excluding carboxylic acids is 2. The molecule has 0 saturated carbocycles. The van der Waals surface area contributed by atoms with Gasteiger partial charge in [0.15, 0.2) is 0 Å². The summed E-state index contributed by atoms with van der Waals surface area (Å²) < 4.78 is 18.7. The quantitative estimate of drug-likeness (QED) is 0.604. The van der Waals surface area contributed by atoms with Gasteiger partial charge in [0.05, 0.1) is 18.4 Å². The van der Waals surface area contributed by atoms with E-state index in [1.807, 2.05) is 32.0 Å². The van der Waals surface area contributed by atoms with E-state index in [2.05, 4.69) is 5.32 Å². The zero-order valence-corrected chi connectivity index (χ0v) is 17.4. The molecule has 0 aromatic heterocycles. The van der Waals surface area contributed by atoms with Crippen LogP contribution in [0, 0.1) is 19.7 Å². The second kappa shape index (κ2) is 8.07. The molecule has 1 aliphatic rings. The topological polar surface area (TPSA) is 58.6 Å². The molecular weight excluding hydrogens is 395 g/mol. The van der Waals surface area contributed by atoms with Crippen molar-refractivity contribution in [1.82, 2.24) is 0 Å². The first-order chi connectivity index (χ1) is 14.9. The van der Waals surface area contributed by atoms with Gasteiger partial charge in [0.1, 0.15) is 17.3 Å². The normalized spacial score (nSPS) is 13.7. The smallest absolute Gasteiger partial charge is 0.282 e. The maximum absolute atomic E-state index is 13.5. The summed E-state index contributed by atoms with van der Waals surface area (Å²) in [5, 5.41) is 3.15. The van der Waals surface area contributed by atoms with E-state index in [1.165, 1.54) is 24.3 Å². The number of imide groups is 1. The van der Waals surface area contributed by atoms with Crippen LogP contribution in [0.5, 0.6) is 5.75 Å². The van der Waals surface area contributed by atoms with Gasteiger partial charge in [0.2, 0.25) is 0 Å². The van der Waals surface area contributed by atoms with Crippen LogP contribution in [0.4, 0.5) is 15.8 Å². The summed E-state index contributed by atoms with van der Waals surface area (Å²) in [6.45, 7) is 3.91. The largest absolute Gasteiger partial charge is 0.497 e. The Balaban J connectivity index is 1.81. The number of hydrogen-bond donors (Lipinski definition) is 1. The van der Waals surface area contributed by atoms with Crippen LogP contribution in [-0.2, 0) is 9.59 Å². The fourth-order valence-corrected chi connectivity index (χ4v) is 3.58. The molecule has 0 saturated heterocycles. The summed E-state index contributed by atoms with van der Waals surface area (Å²) in [4.78, 5) is 27.9. The van der Waals surface area contributed by atoms with Gasteiger partial charge in [-0.2, -0.15) is 0 Å². The van der Waals surface area contributed by atoms with E-state index in [0.717, 1.165) is 21.7 Å². The van der Waals surface area contributed by atoms with Gasteiger partial charge in [-0.3, -0.25) is 9.59 Å². The van der Waals surface area contributed by atoms with Gasteiger partial charge in [-0.25, -0.2) is 9.29 Å². The van der Waals surface area contributed by atoms with Crippen molar-refractivity contribution in [3.63, 3.8) is 0 Å². The minimum Gasteiger partial charge on any atom is -0.497 e. The molecule has 4 rings (SSSR count). The standard InChI is InChI=1S/C25H21FN2O3/c1-15-4-13-21(16(2)14-15)27-23-22(17-5-7-18(26)8-6-17)24(29)28(25(23)30)19-9-11-20(31-3)12-10-19/h4-14,27H,1-3H3. The highest BCUT2D eigenvalue weighted by molar-refractivity contribution is 6.46. The van der Waals surface area contributed by atoms with Crippen LogP contribution in [0.1, 0.15) is 16.7 Å². The number of nitrogens with one attached hydrogen (secondary N) is 1. The van der Waals surface area contributed by atoms with E-state index in [-0.39, 0.29) is 11.3 Å². The first-order valence-electron chi connectivity index (χ1n) is 9.76. The van der Waals surface area contributed by atoms with Crippen molar-refractivity contribution in [3.8, 4) is 5.75 Å². The molecule has 1 N–H and O–H groups in total. The third-order valence-corrected chi connectivity index (χ3v) is 5.19. The number of anilines is 2. The van der Waals surface area contributed by atoms with Crippen LogP contribution in [0.25, 0.3) is 5.57 Å². The first-order valence-corrected chi connectivity index (χ1v) is 9.76. The van der Waals surface area contributed by atoms with E-state index >= 15 is 0 Å². The third kappa shape index (κ3) is 3.80. The molecule has 0 aliphatic carbocycles. The van der Waals surface area contributed by atoms with E-state index in [4.69, 9.17) is 4.74 Å². The van der Waals surface area contributed by atoms with Gasteiger partial charge in [0, 0.05) is 5.69 Å². The summed E-state index contributed by atoms with van der Waals surface area (Å²) in [7, 11) is 1.54. The molecule has 5 nitrogen and oxygen atoms in total. The molecule has 1 aliphatic heterocycles. The van der Waals surface area contributed by atoms with Crippen LogP contribution in [0.15, 0.2) is 72.4 Å². The maximum atomic E-state index is 13.5. The summed E-state index contributed by atoms with van der Waals surface area (Å²) >= 11 is 0. The van der Waals surface area contributed by atoms with E-state index in [0.29, 0.717) is 17.0 Å². The molecule has 6 heteroatoms. The van der Waals surface area contributed by atoms with Crippen molar-refractivity contribution in [2.24, 2.45) is 0 Å². The number of nitrogens with zero attached hydrogens (tertiary/aromatic N) is 1. The summed E-state index contributed by atoms with van der Waals surface area (Å²) in [6.07, 6.45) is 0. The van der Waals surface area contributed by atoms with Crippen molar-refractivity contribution >= 4 is 28.8 Å². The number of benzene rings is 3. The Morgan fingerprint density at radius 2 is 1.55 bits per heavy atom. The van der Waals surface area contributed by atoms with Gasteiger partial charge in [0.25, 0.3) is 11.8 Å². The Morgan fingerprint density at radius 1 is 0.871 bits per heavy atom. The lowest BCUT2D eigenvalue weighted by Gasteiger charge is -2.16. The zero-order valence-electron chi connectivity index (χ0n) is 17.4. The molecule has 1 heterocycles. The lowest BCUT2D eigenvalue weighted by atomic mass is 10.0. The number of ether oxygens (including phenoxy) is 1. The summed E-state index contributed by atoms with van der Waals surface area (Å²) in [5.74, 6) is -0.760. The average molecular weight is 416 g/mol. The van der Waals surface area contributed by atoms with Gasteiger partial charge < -0.3 is 10.1 Å². The van der Waals surface area contributed by atoms with Crippen molar-refractivity contribution in [2.45, 2.75) is 13.8 Å². The highest BCUT2D eigenvalue weighted by Gasteiger charge is 2.40. The molecule has 31 heavy (non-hydrogen) atoms. The molecule has 0 atom stereocenters. The van der Waals surface area contributed by atoms with Gasteiger partial charge in [-0.1, -0.05) is 29.8 Å². The molecule has 156 valence electrons. The Kier molecular flexibility index (Phi) is 5.29. The number of amides is 2. The van der Waals surface area contributed by atoms with Gasteiger partial charge >= 0.3 is 0 Å². The highest BCUT2D eigenvalue weighted by atomic mass is 19.1. The van der Waals surface area contributed by atoms with Crippen LogP contribution >= 0.6 is 0 Å². The molecular formula is C25H21FN2O3. The van der Waals surface area contributed by atoms with Gasteiger partial charge in [-0.15, -0.1) is 0 Å². The summed E-state index contributed by atoms with van der Waals surface area (Å²) in [5.41, 5.74) is 3.98. The van der Waals surface area contributed by atoms with Crippen molar-refractivity contribution < 1.29 is 18.7 Å². The third-order valence-electron chi connectivity index (χ3n) is 5.19. The van der Waals surface area contributed by atoms with Crippen molar-refractivity contribution in [2.75, 3.05) is 17.3 Å². The fraction of sp³-hybridized carbons (Fsp3) is 0.120. The molecule has 0 spiro atoms. The number of methoxy groups -OCH3 is 1. The minimum absolute atomic E-state index is 0.152. The predicted molar refractivity (Wildman–Crippen MR) is 118 cm³/mol. The Hall–Kier alpha value is -3.93. The maximum Gasteiger partial charge on any atom is 0.282 e. The molecule has 0 fully saturated rings. The fourth-order valence-electron chi connectivity index (χ4n) is 3.58. The minimum atomic E-state index is -0.478. The van der Waals surface area contributed by atoms with Crippen LogP contribution in [0.2, 0.25) is 0 Å². The van der Waals surface area contributed by atoms with Crippen molar-refractivity contribution in [1.29, 1.82) is 0 Å². The predicted octanol–water partition coefficient (Wildman–Crippen LogP) is 4.85. The average Bonchev–Trinajstić information content (AvgIpc) is 3.00. The molecule has 0 unspecified atom stereocenters. The number of aryl methyl sites for hydroxylation is 2. The van der Waals surface area contributed by atoms with Crippen LogP contribution < -0.4 is 15.0 Å². The second-order valence-electron chi connectivity index (χ2n) is 7.34. The zero-order chi connectivity index (χ0) is 22.1.